The molecule has 0 unspecified atom stereocenters. The molecular formula is C12H13F3N2O2S. The molecule has 1 heterocycles. The summed E-state index contributed by atoms with van der Waals surface area (Å²) in [4.78, 5) is 17.9. The van der Waals surface area contributed by atoms with Crippen LogP contribution in [0, 0.1) is 0 Å². The monoisotopic (exact) mass is 306 g/mol. The lowest BCUT2D eigenvalue weighted by Gasteiger charge is -2.11. The number of rotatable bonds is 4. The maximum Gasteiger partial charge on any atom is 0.434 e. The van der Waals surface area contributed by atoms with Gasteiger partial charge in [-0.05, 0) is 12.8 Å². The maximum atomic E-state index is 12.8. The first-order valence-electron chi connectivity index (χ1n) is 6.16. The summed E-state index contributed by atoms with van der Waals surface area (Å²) in [6, 6.07) is 0. The molecule has 1 aromatic heterocycles. The highest BCUT2D eigenvalue weighted by Gasteiger charge is 2.38. The number of nitrogens with zero attached hydrogens (tertiary/aromatic N) is 2. The number of aromatic carboxylic acids is 1. The molecule has 1 fully saturated rings. The standard InChI is InChI=1S/C12H13F3N2O2S/c13-12(14,15)10-8(11(18)19)5-16-9(17-10)6-20-7-3-1-2-4-7/h5,7H,1-4,6H2,(H,18,19). The number of halogens is 3. The Balaban J connectivity index is 2.16. The van der Waals surface area contributed by atoms with E-state index >= 15 is 0 Å². The topological polar surface area (TPSA) is 63.1 Å². The summed E-state index contributed by atoms with van der Waals surface area (Å²) in [6.45, 7) is 0. The maximum absolute atomic E-state index is 12.8. The van der Waals surface area contributed by atoms with Crippen LogP contribution in [0.3, 0.4) is 0 Å². The van der Waals surface area contributed by atoms with Crippen molar-refractivity contribution in [3.63, 3.8) is 0 Å². The van der Waals surface area contributed by atoms with E-state index in [0.29, 0.717) is 5.25 Å². The van der Waals surface area contributed by atoms with Gasteiger partial charge in [-0.15, -0.1) is 0 Å². The molecule has 4 nitrogen and oxygen atoms in total. The van der Waals surface area contributed by atoms with Gasteiger partial charge in [0.05, 0.1) is 5.75 Å². The van der Waals surface area contributed by atoms with Crippen molar-refractivity contribution >= 4 is 17.7 Å². The highest BCUT2D eigenvalue weighted by atomic mass is 32.2. The number of aromatic nitrogens is 2. The molecule has 1 saturated carbocycles. The number of carboxylic acids is 1. The van der Waals surface area contributed by atoms with Crippen LogP contribution in [0.5, 0.6) is 0 Å². The predicted molar refractivity (Wildman–Crippen MR) is 67.5 cm³/mol. The summed E-state index contributed by atoms with van der Waals surface area (Å²) in [5, 5.41) is 9.17. The first-order chi connectivity index (χ1) is 9.38. The minimum atomic E-state index is -4.79. The van der Waals surface area contributed by atoms with Gasteiger partial charge in [-0.2, -0.15) is 24.9 Å². The van der Waals surface area contributed by atoms with E-state index in [1.54, 1.807) is 0 Å². The number of alkyl halides is 3. The molecular weight excluding hydrogens is 293 g/mol. The fourth-order valence-electron chi connectivity index (χ4n) is 2.11. The number of hydrogen-bond acceptors (Lipinski definition) is 4. The number of carbonyl (C=O) groups is 1. The second-order valence-corrected chi connectivity index (χ2v) is 5.86. The summed E-state index contributed by atoms with van der Waals surface area (Å²) in [7, 11) is 0. The Morgan fingerprint density at radius 3 is 2.60 bits per heavy atom. The lowest BCUT2D eigenvalue weighted by Crippen LogP contribution is -2.17. The highest BCUT2D eigenvalue weighted by molar-refractivity contribution is 7.99. The molecule has 2 rings (SSSR count). The summed E-state index contributed by atoms with van der Waals surface area (Å²) in [6.07, 6.45) is 0.356. The quantitative estimate of drug-likeness (QED) is 0.924. The van der Waals surface area contributed by atoms with Crippen LogP contribution in [0.2, 0.25) is 0 Å². The van der Waals surface area contributed by atoms with Crippen LogP contribution in [0.25, 0.3) is 0 Å². The van der Waals surface area contributed by atoms with Crippen LogP contribution < -0.4 is 0 Å². The molecule has 8 heteroatoms. The first kappa shape index (κ1) is 15.1. The third-order valence-corrected chi connectivity index (χ3v) is 4.46. The van der Waals surface area contributed by atoms with E-state index in [9.17, 15) is 18.0 Å². The Hall–Kier alpha value is -1.31. The van der Waals surface area contributed by atoms with Crippen LogP contribution in [0.15, 0.2) is 6.20 Å². The van der Waals surface area contributed by atoms with Crippen molar-refractivity contribution in [3.05, 3.63) is 23.3 Å². The summed E-state index contributed by atoms with van der Waals surface area (Å²) < 4.78 is 38.3. The lowest BCUT2D eigenvalue weighted by atomic mass is 10.2. The van der Waals surface area contributed by atoms with E-state index in [2.05, 4.69) is 9.97 Å². The van der Waals surface area contributed by atoms with Gasteiger partial charge in [0.1, 0.15) is 11.4 Å². The van der Waals surface area contributed by atoms with E-state index in [4.69, 9.17) is 5.11 Å². The van der Waals surface area contributed by atoms with E-state index in [1.807, 2.05) is 0 Å². The highest BCUT2D eigenvalue weighted by Crippen LogP contribution is 2.33. The van der Waals surface area contributed by atoms with Crippen molar-refractivity contribution < 1.29 is 23.1 Å². The van der Waals surface area contributed by atoms with Gasteiger partial charge in [-0.25, -0.2) is 14.8 Å². The second-order valence-electron chi connectivity index (χ2n) is 4.57. The fourth-order valence-corrected chi connectivity index (χ4v) is 3.30. The zero-order valence-electron chi connectivity index (χ0n) is 10.5. The van der Waals surface area contributed by atoms with Crippen molar-refractivity contribution in [2.75, 3.05) is 0 Å². The van der Waals surface area contributed by atoms with Gasteiger partial charge in [0.2, 0.25) is 0 Å². The Morgan fingerprint density at radius 1 is 1.40 bits per heavy atom. The van der Waals surface area contributed by atoms with Gasteiger partial charge >= 0.3 is 12.1 Å². The van der Waals surface area contributed by atoms with Crippen molar-refractivity contribution in [1.82, 2.24) is 9.97 Å². The van der Waals surface area contributed by atoms with Crippen molar-refractivity contribution in [2.24, 2.45) is 0 Å². The minimum Gasteiger partial charge on any atom is -0.478 e. The van der Waals surface area contributed by atoms with Crippen molar-refractivity contribution in [2.45, 2.75) is 42.9 Å². The average molecular weight is 306 g/mol. The Bertz CT molecular complexity index is 502. The van der Waals surface area contributed by atoms with E-state index in [1.165, 1.54) is 11.8 Å². The second kappa shape index (κ2) is 5.99. The zero-order valence-corrected chi connectivity index (χ0v) is 11.3. The van der Waals surface area contributed by atoms with Crippen LogP contribution in [-0.4, -0.2) is 26.3 Å². The van der Waals surface area contributed by atoms with Gasteiger partial charge in [0.15, 0.2) is 5.69 Å². The van der Waals surface area contributed by atoms with Gasteiger partial charge in [0.25, 0.3) is 0 Å². The molecule has 1 aromatic rings. The third kappa shape index (κ3) is 3.62. The molecule has 0 aliphatic heterocycles. The summed E-state index contributed by atoms with van der Waals surface area (Å²) >= 11 is 1.53. The van der Waals surface area contributed by atoms with Crippen LogP contribution in [0.1, 0.15) is 47.6 Å². The average Bonchev–Trinajstić information content (AvgIpc) is 2.88. The number of hydrogen-bond donors (Lipinski definition) is 1. The molecule has 1 N–H and O–H groups in total. The van der Waals surface area contributed by atoms with E-state index in [-0.39, 0.29) is 11.6 Å². The molecule has 0 bridgehead atoms. The molecule has 1 aliphatic rings. The van der Waals surface area contributed by atoms with Crippen LogP contribution in [-0.2, 0) is 11.9 Å². The van der Waals surface area contributed by atoms with Crippen LogP contribution >= 0.6 is 11.8 Å². The smallest absolute Gasteiger partial charge is 0.434 e. The lowest BCUT2D eigenvalue weighted by molar-refractivity contribution is -0.141. The predicted octanol–water partition coefficient (Wildman–Crippen LogP) is 3.37. The normalized spacial score (nSPS) is 16.6. The van der Waals surface area contributed by atoms with Crippen LogP contribution in [0.4, 0.5) is 13.2 Å². The largest absolute Gasteiger partial charge is 0.478 e. The molecule has 0 atom stereocenters. The fraction of sp³-hybridized carbons (Fsp3) is 0.583. The summed E-state index contributed by atoms with van der Waals surface area (Å²) in [5.41, 5.74) is -2.28. The number of thioether (sulfide) groups is 1. The minimum absolute atomic E-state index is 0.0271. The Morgan fingerprint density at radius 2 is 2.05 bits per heavy atom. The summed E-state index contributed by atoms with van der Waals surface area (Å²) in [5.74, 6) is -1.38. The SMILES string of the molecule is O=C(O)c1cnc(CSC2CCCC2)nc1C(F)(F)F. The molecule has 0 radical (unpaired) electrons. The molecule has 0 spiro atoms. The van der Waals surface area contributed by atoms with Gasteiger partial charge in [-0.1, -0.05) is 12.8 Å². The molecule has 110 valence electrons. The van der Waals surface area contributed by atoms with Crippen molar-refractivity contribution in [1.29, 1.82) is 0 Å². The molecule has 0 saturated heterocycles. The van der Waals surface area contributed by atoms with Gasteiger partial charge in [0, 0.05) is 11.4 Å². The van der Waals surface area contributed by atoms with E-state index < -0.39 is 23.4 Å². The van der Waals surface area contributed by atoms with Gasteiger partial charge < -0.3 is 5.11 Å². The van der Waals surface area contributed by atoms with Crippen molar-refractivity contribution in [3.8, 4) is 0 Å². The Labute approximate surface area is 117 Å². The Kier molecular flexibility index (Phi) is 4.52. The van der Waals surface area contributed by atoms with E-state index in [0.717, 1.165) is 31.9 Å². The molecule has 1 aliphatic carbocycles. The van der Waals surface area contributed by atoms with Gasteiger partial charge in [-0.3, -0.25) is 0 Å². The first-order valence-corrected chi connectivity index (χ1v) is 7.21. The molecule has 0 aromatic carbocycles. The zero-order chi connectivity index (χ0) is 14.8. The molecule has 0 amide bonds. The third-order valence-electron chi connectivity index (χ3n) is 3.09. The number of carboxylic acid groups (broad SMARTS) is 1. The molecule has 20 heavy (non-hydrogen) atoms.